The zero-order valence-corrected chi connectivity index (χ0v) is 15.9. The molecule has 1 heterocycles. The molecule has 1 atom stereocenters. The lowest BCUT2D eigenvalue weighted by molar-refractivity contribution is 0.241. The van der Waals surface area contributed by atoms with Gasteiger partial charge >= 0.3 is 0 Å². The molecule has 1 saturated heterocycles. The van der Waals surface area contributed by atoms with Crippen LogP contribution >= 0.6 is 15.9 Å². The van der Waals surface area contributed by atoms with Gasteiger partial charge in [0.25, 0.3) is 0 Å². The summed E-state index contributed by atoms with van der Waals surface area (Å²) in [7, 11) is 0. The number of benzene rings is 3. The molecule has 25 heavy (non-hydrogen) atoms. The molecule has 1 fully saturated rings. The predicted molar refractivity (Wildman–Crippen MR) is 109 cm³/mol. The molecular formula is C22H23BrN2. The van der Waals surface area contributed by atoms with Gasteiger partial charge in [0.1, 0.15) is 0 Å². The summed E-state index contributed by atoms with van der Waals surface area (Å²) in [6.07, 6.45) is 1.19. The molecule has 0 bridgehead atoms. The quantitative estimate of drug-likeness (QED) is 0.673. The van der Waals surface area contributed by atoms with Crippen LogP contribution < -0.4 is 5.32 Å². The van der Waals surface area contributed by atoms with E-state index in [1.165, 1.54) is 32.8 Å². The van der Waals surface area contributed by atoms with Crippen LogP contribution in [0, 0.1) is 0 Å². The largest absolute Gasteiger partial charge is 0.315 e. The third-order valence-electron chi connectivity index (χ3n) is 5.06. The monoisotopic (exact) mass is 394 g/mol. The van der Waals surface area contributed by atoms with E-state index < -0.39 is 0 Å². The first-order valence-electron chi connectivity index (χ1n) is 9.01. The molecule has 0 aromatic heterocycles. The van der Waals surface area contributed by atoms with Gasteiger partial charge in [-0.3, -0.25) is 4.90 Å². The highest BCUT2D eigenvalue weighted by Gasteiger charge is 2.26. The molecule has 0 radical (unpaired) electrons. The Balaban J connectivity index is 1.89. The van der Waals surface area contributed by atoms with E-state index in [2.05, 4.69) is 92.9 Å². The Morgan fingerprint density at radius 2 is 1.56 bits per heavy atom. The maximum Gasteiger partial charge on any atom is 0.0619 e. The molecule has 0 saturated carbocycles. The van der Waals surface area contributed by atoms with E-state index in [0.717, 1.165) is 26.2 Å². The molecule has 1 aliphatic rings. The van der Waals surface area contributed by atoms with E-state index in [4.69, 9.17) is 0 Å². The van der Waals surface area contributed by atoms with Gasteiger partial charge in [-0.15, -0.1) is 0 Å². The Morgan fingerprint density at radius 3 is 2.48 bits per heavy atom. The second-order valence-corrected chi connectivity index (χ2v) is 7.49. The van der Waals surface area contributed by atoms with Crippen molar-refractivity contribution in [2.45, 2.75) is 12.5 Å². The summed E-state index contributed by atoms with van der Waals surface area (Å²) in [5, 5.41) is 6.19. The smallest absolute Gasteiger partial charge is 0.0619 e. The minimum Gasteiger partial charge on any atom is -0.315 e. The van der Waals surface area contributed by atoms with Crippen LogP contribution in [-0.2, 0) is 0 Å². The minimum atomic E-state index is 0.265. The van der Waals surface area contributed by atoms with Crippen molar-refractivity contribution in [2.75, 3.05) is 26.2 Å². The van der Waals surface area contributed by atoms with Crippen LogP contribution in [-0.4, -0.2) is 31.1 Å². The first-order valence-corrected chi connectivity index (χ1v) is 9.81. The maximum absolute atomic E-state index is 3.80. The summed E-state index contributed by atoms with van der Waals surface area (Å²) in [5.74, 6) is 0. The lowest BCUT2D eigenvalue weighted by Gasteiger charge is -2.32. The second-order valence-electron chi connectivity index (χ2n) is 6.63. The number of halogens is 1. The Kier molecular flexibility index (Phi) is 5.16. The van der Waals surface area contributed by atoms with Crippen molar-refractivity contribution in [3.8, 4) is 0 Å². The van der Waals surface area contributed by atoms with E-state index in [1.807, 2.05) is 0 Å². The average molecular weight is 395 g/mol. The van der Waals surface area contributed by atoms with Crippen molar-refractivity contribution in [1.82, 2.24) is 10.2 Å². The second kappa shape index (κ2) is 7.69. The zero-order valence-electron chi connectivity index (χ0n) is 14.3. The third kappa shape index (κ3) is 3.50. The highest BCUT2D eigenvalue weighted by molar-refractivity contribution is 9.10. The van der Waals surface area contributed by atoms with Gasteiger partial charge in [0.2, 0.25) is 0 Å². The van der Waals surface area contributed by atoms with Gasteiger partial charge in [0.05, 0.1) is 6.04 Å². The van der Waals surface area contributed by atoms with Crippen LogP contribution in [0.4, 0.5) is 0 Å². The first-order chi connectivity index (χ1) is 12.3. The van der Waals surface area contributed by atoms with Gasteiger partial charge in [0, 0.05) is 24.1 Å². The summed E-state index contributed by atoms with van der Waals surface area (Å²) in [5.41, 5.74) is 2.74. The van der Waals surface area contributed by atoms with E-state index in [1.54, 1.807) is 0 Å². The molecule has 2 nitrogen and oxygen atoms in total. The standard InChI is InChI=1S/C22H23BrN2/c23-21-12-4-3-10-20(21)22(25-15-6-13-24-14-16-25)19-11-5-8-17-7-1-2-9-18(17)19/h1-5,7-12,22,24H,6,13-16H2. The Bertz CT molecular complexity index is 848. The number of nitrogens with zero attached hydrogens (tertiary/aromatic N) is 1. The van der Waals surface area contributed by atoms with E-state index in [-0.39, 0.29) is 6.04 Å². The molecule has 3 aromatic rings. The van der Waals surface area contributed by atoms with Crippen LogP contribution in [0.3, 0.4) is 0 Å². The molecule has 1 unspecified atom stereocenters. The number of hydrogen-bond donors (Lipinski definition) is 1. The maximum atomic E-state index is 3.80. The third-order valence-corrected chi connectivity index (χ3v) is 5.78. The minimum absolute atomic E-state index is 0.265. The molecule has 1 aliphatic heterocycles. The van der Waals surface area contributed by atoms with Crippen molar-refractivity contribution in [2.24, 2.45) is 0 Å². The van der Waals surface area contributed by atoms with E-state index in [0.29, 0.717) is 0 Å². The van der Waals surface area contributed by atoms with Crippen LogP contribution in [0.5, 0.6) is 0 Å². The van der Waals surface area contributed by atoms with E-state index in [9.17, 15) is 0 Å². The summed E-state index contributed by atoms with van der Waals surface area (Å²) in [4.78, 5) is 2.63. The van der Waals surface area contributed by atoms with Crippen molar-refractivity contribution in [1.29, 1.82) is 0 Å². The van der Waals surface area contributed by atoms with Crippen molar-refractivity contribution in [3.05, 3.63) is 82.3 Å². The number of nitrogens with one attached hydrogen (secondary N) is 1. The van der Waals surface area contributed by atoms with Gasteiger partial charge in [-0.25, -0.2) is 0 Å². The van der Waals surface area contributed by atoms with Crippen LogP contribution in [0.2, 0.25) is 0 Å². The van der Waals surface area contributed by atoms with Crippen molar-refractivity contribution in [3.63, 3.8) is 0 Å². The fraction of sp³-hybridized carbons (Fsp3) is 0.273. The van der Waals surface area contributed by atoms with Gasteiger partial charge in [-0.05, 0) is 40.9 Å². The Morgan fingerprint density at radius 1 is 0.800 bits per heavy atom. The summed E-state index contributed by atoms with van der Waals surface area (Å²) >= 11 is 3.80. The van der Waals surface area contributed by atoms with Crippen LogP contribution in [0.1, 0.15) is 23.6 Å². The average Bonchev–Trinajstić information content (AvgIpc) is 2.93. The predicted octanol–water partition coefficient (Wildman–Crippen LogP) is 4.99. The fourth-order valence-electron chi connectivity index (χ4n) is 3.87. The molecular weight excluding hydrogens is 372 g/mol. The number of hydrogen-bond acceptors (Lipinski definition) is 2. The van der Waals surface area contributed by atoms with Gasteiger partial charge in [0.15, 0.2) is 0 Å². The molecule has 3 aromatic carbocycles. The SMILES string of the molecule is Brc1ccccc1C(c1cccc2ccccc12)N1CCCNCC1. The zero-order chi connectivity index (χ0) is 17.1. The van der Waals surface area contributed by atoms with Gasteiger partial charge < -0.3 is 5.32 Å². The lowest BCUT2D eigenvalue weighted by atomic mass is 9.92. The van der Waals surface area contributed by atoms with Crippen LogP contribution in [0.25, 0.3) is 10.8 Å². The summed E-state index contributed by atoms with van der Waals surface area (Å²) < 4.78 is 1.19. The van der Waals surface area contributed by atoms with Gasteiger partial charge in [-0.1, -0.05) is 76.6 Å². The number of fused-ring (bicyclic) bond motifs is 1. The number of rotatable bonds is 3. The first kappa shape index (κ1) is 16.8. The molecule has 4 rings (SSSR count). The van der Waals surface area contributed by atoms with Crippen molar-refractivity contribution < 1.29 is 0 Å². The Hall–Kier alpha value is -1.68. The van der Waals surface area contributed by atoms with Crippen molar-refractivity contribution >= 4 is 26.7 Å². The molecule has 0 amide bonds. The molecule has 0 spiro atoms. The normalized spacial score (nSPS) is 17.3. The molecule has 0 aliphatic carbocycles. The topological polar surface area (TPSA) is 15.3 Å². The Labute approximate surface area is 158 Å². The summed E-state index contributed by atoms with van der Waals surface area (Å²) in [6, 6.07) is 24.3. The molecule has 128 valence electrons. The van der Waals surface area contributed by atoms with E-state index >= 15 is 0 Å². The summed E-state index contributed by atoms with van der Waals surface area (Å²) in [6.45, 7) is 4.33. The highest BCUT2D eigenvalue weighted by atomic mass is 79.9. The fourth-order valence-corrected chi connectivity index (χ4v) is 4.37. The lowest BCUT2D eigenvalue weighted by Crippen LogP contribution is -2.33. The van der Waals surface area contributed by atoms with Gasteiger partial charge in [-0.2, -0.15) is 0 Å². The highest BCUT2D eigenvalue weighted by Crippen LogP contribution is 2.37. The van der Waals surface area contributed by atoms with Crippen LogP contribution in [0.15, 0.2) is 71.2 Å². The molecule has 3 heteroatoms. The molecule has 1 N–H and O–H groups in total.